The van der Waals surface area contributed by atoms with Gasteiger partial charge in [0.15, 0.2) is 6.61 Å². The molecule has 2 heterocycles. The Morgan fingerprint density at radius 2 is 2.30 bits per heavy atom. The van der Waals surface area contributed by atoms with Gasteiger partial charge in [0.2, 0.25) is 0 Å². The third-order valence-corrected chi connectivity index (χ3v) is 4.74. The van der Waals surface area contributed by atoms with Crippen molar-refractivity contribution < 1.29 is 14.3 Å². The molecule has 146 valence electrons. The molecule has 2 aromatic rings. The second kappa shape index (κ2) is 9.35. The molecular formula is C20H26ClN3O3. The third-order valence-electron chi connectivity index (χ3n) is 4.41. The van der Waals surface area contributed by atoms with E-state index in [1.54, 1.807) is 18.3 Å². The smallest absolute Gasteiger partial charge is 0.258 e. The summed E-state index contributed by atoms with van der Waals surface area (Å²) >= 11 is 6.18. The zero-order chi connectivity index (χ0) is 19.2. The number of morpholine rings is 1. The number of rotatable bonds is 7. The zero-order valence-corrected chi connectivity index (χ0v) is 16.5. The maximum absolute atomic E-state index is 12.2. The van der Waals surface area contributed by atoms with Crippen LogP contribution in [0.4, 0.5) is 0 Å². The van der Waals surface area contributed by atoms with Crippen LogP contribution in [0.25, 0.3) is 10.9 Å². The molecule has 1 aromatic carbocycles. The monoisotopic (exact) mass is 391 g/mol. The quantitative estimate of drug-likeness (QED) is 0.786. The molecule has 0 unspecified atom stereocenters. The lowest BCUT2D eigenvalue weighted by atomic mass is 10.2. The summed E-state index contributed by atoms with van der Waals surface area (Å²) in [6.07, 6.45) is 1.69. The minimum atomic E-state index is -0.182. The molecule has 1 aromatic heterocycles. The van der Waals surface area contributed by atoms with Crippen molar-refractivity contribution in [3.63, 3.8) is 0 Å². The van der Waals surface area contributed by atoms with E-state index in [0.717, 1.165) is 25.0 Å². The highest BCUT2D eigenvalue weighted by atomic mass is 35.5. The van der Waals surface area contributed by atoms with Crippen LogP contribution in [0.2, 0.25) is 5.02 Å². The summed E-state index contributed by atoms with van der Waals surface area (Å²) in [5.41, 5.74) is 0.651. The van der Waals surface area contributed by atoms with Gasteiger partial charge in [0.1, 0.15) is 11.3 Å². The van der Waals surface area contributed by atoms with E-state index in [4.69, 9.17) is 21.1 Å². The SMILES string of the molecule is CC(C)CN1CCO[C@@H](CNC(=O)COc2ccc(Cl)c3cccnc23)C1. The fourth-order valence-electron chi connectivity index (χ4n) is 3.24. The molecule has 3 rings (SSSR count). The summed E-state index contributed by atoms with van der Waals surface area (Å²) in [6.45, 7) is 8.36. The van der Waals surface area contributed by atoms with Gasteiger partial charge in [-0.15, -0.1) is 0 Å². The number of nitrogens with one attached hydrogen (secondary N) is 1. The molecule has 0 spiro atoms. The lowest BCUT2D eigenvalue weighted by Gasteiger charge is -2.33. The van der Waals surface area contributed by atoms with Crippen LogP contribution in [-0.2, 0) is 9.53 Å². The van der Waals surface area contributed by atoms with Crippen molar-refractivity contribution in [2.45, 2.75) is 20.0 Å². The van der Waals surface area contributed by atoms with E-state index in [-0.39, 0.29) is 18.6 Å². The first-order chi connectivity index (χ1) is 13.0. The lowest BCUT2D eigenvalue weighted by Crippen LogP contribution is -2.48. The fourth-order valence-corrected chi connectivity index (χ4v) is 3.45. The molecule has 1 N–H and O–H groups in total. The van der Waals surface area contributed by atoms with Crippen molar-refractivity contribution in [1.29, 1.82) is 0 Å². The first-order valence-corrected chi connectivity index (χ1v) is 9.67. The average Bonchev–Trinajstić information content (AvgIpc) is 2.66. The van der Waals surface area contributed by atoms with Gasteiger partial charge in [0.25, 0.3) is 5.91 Å². The molecule has 0 saturated carbocycles. The molecule has 1 amide bonds. The molecular weight excluding hydrogens is 366 g/mol. The molecule has 1 fully saturated rings. The van der Waals surface area contributed by atoms with Crippen LogP contribution in [-0.4, -0.2) is 61.3 Å². The fraction of sp³-hybridized carbons (Fsp3) is 0.500. The maximum atomic E-state index is 12.2. The summed E-state index contributed by atoms with van der Waals surface area (Å²) in [4.78, 5) is 18.9. The van der Waals surface area contributed by atoms with E-state index in [9.17, 15) is 4.79 Å². The summed E-state index contributed by atoms with van der Waals surface area (Å²) in [6, 6.07) is 7.18. The largest absolute Gasteiger partial charge is 0.481 e. The van der Waals surface area contributed by atoms with Crippen LogP contribution in [0.1, 0.15) is 13.8 Å². The van der Waals surface area contributed by atoms with E-state index in [1.807, 2.05) is 12.1 Å². The highest BCUT2D eigenvalue weighted by molar-refractivity contribution is 6.35. The molecule has 6 nitrogen and oxygen atoms in total. The van der Waals surface area contributed by atoms with E-state index in [2.05, 4.69) is 29.0 Å². The van der Waals surface area contributed by atoms with E-state index >= 15 is 0 Å². The number of pyridine rings is 1. The Hall–Kier alpha value is -1.89. The van der Waals surface area contributed by atoms with E-state index < -0.39 is 0 Å². The number of fused-ring (bicyclic) bond motifs is 1. The highest BCUT2D eigenvalue weighted by Gasteiger charge is 2.21. The third kappa shape index (κ3) is 5.54. The highest BCUT2D eigenvalue weighted by Crippen LogP contribution is 2.29. The molecule has 27 heavy (non-hydrogen) atoms. The zero-order valence-electron chi connectivity index (χ0n) is 15.8. The van der Waals surface area contributed by atoms with Crippen LogP contribution in [0, 0.1) is 5.92 Å². The Morgan fingerprint density at radius 3 is 3.11 bits per heavy atom. The number of ether oxygens (including phenoxy) is 2. The Morgan fingerprint density at radius 1 is 1.44 bits per heavy atom. The molecule has 1 atom stereocenters. The number of benzene rings is 1. The van der Waals surface area contributed by atoms with Crippen LogP contribution in [0.15, 0.2) is 30.5 Å². The van der Waals surface area contributed by atoms with Gasteiger partial charge >= 0.3 is 0 Å². The van der Waals surface area contributed by atoms with Gasteiger partial charge in [-0.1, -0.05) is 25.4 Å². The summed E-state index contributed by atoms with van der Waals surface area (Å²) < 4.78 is 11.4. The van der Waals surface area contributed by atoms with Crippen LogP contribution >= 0.6 is 11.6 Å². The van der Waals surface area contributed by atoms with Gasteiger partial charge in [-0.05, 0) is 30.2 Å². The van der Waals surface area contributed by atoms with Gasteiger partial charge in [-0.2, -0.15) is 0 Å². The first-order valence-electron chi connectivity index (χ1n) is 9.29. The topological polar surface area (TPSA) is 63.7 Å². The number of aromatic nitrogens is 1. The Labute approximate surface area is 164 Å². The minimum absolute atomic E-state index is 0.0134. The van der Waals surface area contributed by atoms with E-state index in [0.29, 0.717) is 35.4 Å². The van der Waals surface area contributed by atoms with Crippen molar-refractivity contribution in [2.24, 2.45) is 5.92 Å². The van der Waals surface area contributed by atoms with Crippen molar-refractivity contribution in [3.8, 4) is 5.75 Å². The minimum Gasteiger partial charge on any atom is -0.481 e. The van der Waals surface area contributed by atoms with Crippen molar-refractivity contribution in [2.75, 3.05) is 39.4 Å². The summed E-state index contributed by atoms with van der Waals surface area (Å²) in [5.74, 6) is 0.982. The number of hydrogen-bond acceptors (Lipinski definition) is 5. The summed E-state index contributed by atoms with van der Waals surface area (Å²) in [7, 11) is 0. The van der Waals surface area contributed by atoms with E-state index in [1.165, 1.54) is 0 Å². The summed E-state index contributed by atoms with van der Waals surface area (Å²) in [5, 5.41) is 4.30. The normalized spacial score (nSPS) is 18.0. The Bertz CT molecular complexity index is 784. The predicted octanol–water partition coefficient (Wildman–Crippen LogP) is 2.74. The Kier molecular flexibility index (Phi) is 6.88. The van der Waals surface area contributed by atoms with Gasteiger partial charge < -0.3 is 14.8 Å². The number of halogens is 1. The Balaban J connectivity index is 1.48. The lowest BCUT2D eigenvalue weighted by molar-refractivity contribution is -0.124. The number of nitrogens with zero attached hydrogens (tertiary/aromatic N) is 2. The van der Waals surface area contributed by atoms with Gasteiger partial charge in [-0.3, -0.25) is 14.7 Å². The molecule has 0 radical (unpaired) electrons. The molecule has 1 saturated heterocycles. The molecule has 1 aliphatic rings. The number of amides is 1. The second-order valence-corrected chi connectivity index (χ2v) is 7.59. The van der Waals surface area contributed by atoms with Gasteiger partial charge in [-0.25, -0.2) is 0 Å². The van der Waals surface area contributed by atoms with Gasteiger partial charge in [0, 0.05) is 37.8 Å². The first kappa shape index (κ1) is 19.9. The molecule has 1 aliphatic heterocycles. The van der Waals surface area contributed by atoms with Crippen LogP contribution in [0.5, 0.6) is 5.75 Å². The van der Waals surface area contributed by atoms with Crippen molar-refractivity contribution in [3.05, 3.63) is 35.5 Å². The standard InChI is InChI=1S/C20H26ClN3O3/c1-14(2)11-24-8-9-26-15(12-24)10-23-19(25)13-27-18-6-5-17(21)16-4-3-7-22-20(16)18/h3-7,14-15H,8-13H2,1-2H3,(H,23,25)/t15-/m0/s1. The second-order valence-electron chi connectivity index (χ2n) is 7.18. The number of carbonyl (C=O) groups is 1. The van der Waals surface area contributed by atoms with Crippen LogP contribution in [0.3, 0.4) is 0 Å². The predicted molar refractivity (Wildman–Crippen MR) is 106 cm³/mol. The average molecular weight is 392 g/mol. The van der Waals surface area contributed by atoms with Crippen molar-refractivity contribution in [1.82, 2.24) is 15.2 Å². The van der Waals surface area contributed by atoms with Crippen molar-refractivity contribution >= 4 is 28.4 Å². The molecule has 0 aliphatic carbocycles. The molecule has 7 heteroatoms. The number of carbonyl (C=O) groups excluding carboxylic acids is 1. The number of hydrogen-bond donors (Lipinski definition) is 1. The van der Waals surface area contributed by atoms with Gasteiger partial charge in [0.05, 0.1) is 17.7 Å². The molecule has 0 bridgehead atoms. The maximum Gasteiger partial charge on any atom is 0.258 e. The van der Waals surface area contributed by atoms with Crippen LogP contribution < -0.4 is 10.1 Å².